The van der Waals surface area contributed by atoms with Crippen LogP contribution in [0.15, 0.2) is 24.3 Å². The van der Waals surface area contributed by atoms with Gasteiger partial charge in [0.15, 0.2) is 0 Å². The molecule has 1 fully saturated rings. The maximum absolute atomic E-state index is 11.9. The smallest absolute Gasteiger partial charge is 0.407 e. The maximum atomic E-state index is 11.9. The number of aryl methyl sites for hydroxylation is 1. The molecule has 0 bridgehead atoms. The van der Waals surface area contributed by atoms with Gasteiger partial charge in [-0.2, -0.15) is 0 Å². The number of amides is 1. The normalized spacial score (nSPS) is 22.3. The van der Waals surface area contributed by atoms with E-state index in [0.717, 1.165) is 32.1 Å². The highest BCUT2D eigenvalue weighted by atomic mass is 16.6. The summed E-state index contributed by atoms with van der Waals surface area (Å²) < 4.78 is 5.34. The molecule has 2 N–H and O–H groups in total. The summed E-state index contributed by atoms with van der Waals surface area (Å²) in [5.74, 6) is 0. The van der Waals surface area contributed by atoms with Crippen molar-refractivity contribution in [1.29, 1.82) is 0 Å². The number of carbonyl (C=O) groups is 1. The Morgan fingerprint density at radius 1 is 1.16 bits per heavy atom. The van der Waals surface area contributed by atoms with Gasteiger partial charge in [0.05, 0.1) is 0 Å². The van der Waals surface area contributed by atoms with Crippen molar-refractivity contribution in [2.75, 3.05) is 0 Å². The zero-order valence-electron chi connectivity index (χ0n) is 16.4. The molecule has 4 nitrogen and oxygen atoms in total. The van der Waals surface area contributed by atoms with Crippen molar-refractivity contribution in [3.05, 3.63) is 35.4 Å². The van der Waals surface area contributed by atoms with Gasteiger partial charge in [-0.25, -0.2) is 4.79 Å². The fraction of sp³-hybridized carbons (Fsp3) is 0.667. The zero-order chi connectivity index (χ0) is 18.4. The molecule has 1 aromatic rings. The van der Waals surface area contributed by atoms with E-state index >= 15 is 0 Å². The molecular weight excluding hydrogens is 312 g/mol. The number of hydrogen-bond donors (Lipinski definition) is 2. The Morgan fingerprint density at radius 3 is 2.36 bits per heavy atom. The molecule has 2 rings (SSSR count). The number of rotatable bonds is 5. The average Bonchev–Trinajstić information content (AvgIpc) is 2.49. The minimum absolute atomic E-state index is 0.236. The van der Waals surface area contributed by atoms with Crippen LogP contribution in [0.4, 0.5) is 4.79 Å². The lowest BCUT2D eigenvalue weighted by atomic mass is 9.90. The summed E-state index contributed by atoms with van der Waals surface area (Å²) in [5, 5.41) is 6.77. The monoisotopic (exact) mass is 346 g/mol. The number of hydrogen-bond acceptors (Lipinski definition) is 3. The molecule has 1 aliphatic carbocycles. The second kappa shape index (κ2) is 8.70. The fourth-order valence-electron chi connectivity index (χ4n) is 3.51. The van der Waals surface area contributed by atoms with Crippen LogP contribution in [0.2, 0.25) is 0 Å². The Hall–Kier alpha value is -1.55. The molecule has 1 amide bonds. The van der Waals surface area contributed by atoms with E-state index in [1.54, 1.807) is 0 Å². The van der Waals surface area contributed by atoms with Crippen molar-refractivity contribution in [2.24, 2.45) is 0 Å². The first kappa shape index (κ1) is 19.8. The molecule has 1 aliphatic rings. The number of ether oxygens (including phenoxy) is 1. The first-order chi connectivity index (χ1) is 11.7. The van der Waals surface area contributed by atoms with Gasteiger partial charge in [0.1, 0.15) is 5.60 Å². The van der Waals surface area contributed by atoms with Crippen LogP contribution in [0, 0.1) is 6.92 Å². The topological polar surface area (TPSA) is 50.4 Å². The Morgan fingerprint density at radius 2 is 1.76 bits per heavy atom. The van der Waals surface area contributed by atoms with Gasteiger partial charge >= 0.3 is 6.09 Å². The first-order valence-electron chi connectivity index (χ1n) is 9.53. The predicted molar refractivity (Wildman–Crippen MR) is 103 cm³/mol. The summed E-state index contributed by atoms with van der Waals surface area (Å²) in [7, 11) is 0. The van der Waals surface area contributed by atoms with Crippen molar-refractivity contribution < 1.29 is 9.53 Å². The van der Waals surface area contributed by atoms with E-state index in [-0.39, 0.29) is 12.1 Å². The maximum Gasteiger partial charge on any atom is 0.407 e. The highest BCUT2D eigenvalue weighted by molar-refractivity contribution is 5.68. The molecule has 0 aromatic heterocycles. The van der Waals surface area contributed by atoms with Crippen LogP contribution in [0.5, 0.6) is 0 Å². The Labute approximate surface area is 152 Å². The SMILES string of the molecule is Cc1ccccc1CC(C)NC1CCC(NC(=O)OC(C)(C)C)CC1. The third-order valence-corrected chi connectivity index (χ3v) is 4.76. The van der Waals surface area contributed by atoms with Crippen molar-refractivity contribution in [2.45, 2.75) is 90.4 Å². The van der Waals surface area contributed by atoms with Crippen LogP contribution in [0.1, 0.15) is 64.5 Å². The van der Waals surface area contributed by atoms with Gasteiger partial charge in [-0.1, -0.05) is 24.3 Å². The Bertz CT molecular complexity index is 557. The Balaban J connectivity index is 1.71. The number of benzene rings is 1. The molecule has 0 spiro atoms. The lowest BCUT2D eigenvalue weighted by molar-refractivity contribution is 0.0489. The predicted octanol–water partition coefficient (Wildman–Crippen LogP) is 4.35. The van der Waals surface area contributed by atoms with Gasteiger partial charge in [-0.05, 0) is 77.8 Å². The molecule has 1 atom stereocenters. The third-order valence-electron chi connectivity index (χ3n) is 4.76. The molecule has 0 heterocycles. The van der Waals surface area contributed by atoms with Crippen LogP contribution in [-0.4, -0.2) is 29.8 Å². The highest BCUT2D eigenvalue weighted by Gasteiger charge is 2.25. The van der Waals surface area contributed by atoms with E-state index in [1.165, 1.54) is 11.1 Å². The molecule has 0 aliphatic heterocycles. The van der Waals surface area contributed by atoms with Gasteiger partial charge in [0.25, 0.3) is 0 Å². The van der Waals surface area contributed by atoms with Gasteiger partial charge in [0.2, 0.25) is 0 Å². The third kappa shape index (κ3) is 7.07. The summed E-state index contributed by atoms with van der Waals surface area (Å²) in [5.41, 5.74) is 2.34. The summed E-state index contributed by atoms with van der Waals surface area (Å²) in [6.45, 7) is 10.1. The van der Waals surface area contributed by atoms with E-state index in [0.29, 0.717) is 12.1 Å². The minimum Gasteiger partial charge on any atom is -0.444 e. The molecule has 4 heteroatoms. The molecule has 140 valence electrons. The summed E-state index contributed by atoms with van der Waals surface area (Å²) in [6.07, 6.45) is 4.97. The van der Waals surface area contributed by atoms with Gasteiger partial charge in [0, 0.05) is 18.1 Å². The molecular formula is C21H34N2O2. The molecule has 1 aromatic carbocycles. The van der Waals surface area contributed by atoms with Gasteiger partial charge in [-0.15, -0.1) is 0 Å². The summed E-state index contributed by atoms with van der Waals surface area (Å²) in [6, 6.07) is 9.83. The zero-order valence-corrected chi connectivity index (χ0v) is 16.4. The van der Waals surface area contributed by atoms with Crippen LogP contribution < -0.4 is 10.6 Å². The van der Waals surface area contributed by atoms with Crippen molar-refractivity contribution in [1.82, 2.24) is 10.6 Å². The fourth-order valence-corrected chi connectivity index (χ4v) is 3.51. The second-order valence-corrected chi connectivity index (χ2v) is 8.39. The van der Waals surface area contributed by atoms with Gasteiger partial charge in [-0.3, -0.25) is 0 Å². The number of nitrogens with one attached hydrogen (secondary N) is 2. The summed E-state index contributed by atoms with van der Waals surface area (Å²) in [4.78, 5) is 11.9. The van der Waals surface area contributed by atoms with Crippen LogP contribution in [-0.2, 0) is 11.2 Å². The minimum atomic E-state index is -0.437. The highest BCUT2D eigenvalue weighted by Crippen LogP contribution is 2.20. The van der Waals surface area contributed by atoms with Gasteiger partial charge < -0.3 is 15.4 Å². The number of carbonyl (C=O) groups excluding carboxylic acids is 1. The van der Waals surface area contributed by atoms with Crippen LogP contribution in [0.3, 0.4) is 0 Å². The molecule has 0 saturated heterocycles. The van der Waals surface area contributed by atoms with Crippen LogP contribution in [0.25, 0.3) is 0 Å². The van der Waals surface area contributed by atoms with E-state index in [4.69, 9.17) is 4.74 Å². The number of alkyl carbamates (subject to hydrolysis) is 1. The van der Waals surface area contributed by atoms with Crippen molar-refractivity contribution in [3.63, 3.8) is 0 Å². The van der Waals surface area contributed by atoms with E-state index < -0.39 is 5.60 Å². The first-order valence-corrected chi connectivity index (χ1v) is 9.53. The second-order valence-electron chi connectivity index (χ2n) is 8.39. The van der Waals surface area contributed by atoms with E-state index in [1.807, 2.05) is 20.8 Å². The Kier molecular flexibility index (Phi) is 6.88. The van der Waals surface area contributed by atoms with Crippen molar-refractivity contribution >= 4 is 6.09 Å². The van der Waals surface area contributed by atoms with Crippen LogP contribution >= 0.6 is 0 Å². The summed E-state index contributed by atoms with van der Waals surface area (Å²) >= 11 is 0. The quantitative estimate of drug-likeness (QED) is 0.833. The standard InChI is InChI=1S/C21H34N2O2/c1-15-8-6-7-9-17(15)14-16(2)22-18-10-12-19(13-11-18)23-20(24)25-21(3,4)5/h6-9,16,18-19,22H,10-14H2,1-5H3,(H,23,24). The van der Waals surface area contributed by atoms with E-state index in [2.05, 4.69) is 48.7 Å². The lowest BCUT2D eigenvalue weighted by Gasteiger charge is -2.32. The average molecular weight is 347 g/mol. The lowest BCUT2D eigenvalue weighted by Crippen LogP contribution is -2.46. The molecule has 0 radical (unpaired) electrons. The molecule has 1 saturated carbocycles. The molecule has 1 unspecified atom stereocenters. The molecule has 25 heavy (non-hydrogen) atoms. The van der Waals surface area contributed by atoms with E-state index in [9.17, 15) is 4.79 Å². The largest absolute Gasteiger partial charge is 0.444 e. The van der Waals surface area contributed by atoms with Crippen molar-refractivity contribution in [3.8, 4) is 0 Å².